The van der Waals surface area contributed by atoms with Crippen molar-refractivity contribution in [2.24, 2.45) is 0 Å². The van der Waals surface area contributed by atoms with Crippen LogP contribution in [0.5, 0.6) is 0 Å². The Balaban J connectivity index is 2.23. The van der Waals surface area contributed by atoms with Gasteiger partial charge >= 0.3 is 0 Å². The largest absolute Gasteiger partial charge is 0.367 e. The molecule has 7 heteroatoms. The van der Waals surface area contributed by atoms with Crippen LogP contribution in [0.4, 0.5) is 14.6 Å². The summed E-state index contributed by atoms with van der Waals surface area (Å²) < 4.78 is 31.9. The van der Waals surface area contributed by atoms with E-state index >= 15 is 0 Å². The van der Waals surface area contributed by atoms with Crippen molar-refractivity contribution in [1.82, 2.24) is 15.1 Å². The second kappa shape index (κ2) is 5.08. The van der Waals surface area contributed by atoms with Gasteiger partial charge in [-0.2, -0.15) is 4.98 Å². The molecule has 3 rings (SSSR count). The highest BCUT2D eigenvalue weighted by Gasteiger charge is 2.18. The topological polar surface area (TPSA) is 63.8 Å². The number of rotatable bonds is 3. The molecule has 0 aliphatic heterocycles. The van der Waals surface area contributed by atoms with Crippen molar-refractivity contribution in [1.29, 1.82) is 0 Å². The number of aromatic nitrogens is 3. The SMILES string of the molecule is CC(C)Nc1ncnc2onc(-c3cc(F)cc(F)c3)c12. The lowest BCUT2D eigenvalue weighted by Gasteiger charge is -2.09. The highest BCUT2D eigenvalue weighted by molar-refractivity contribution is 5.97. The van der Waals surface area contributed by atoms with Crippen LogP contribution in [0, 0.1) is 11.6 Å². The Hall–Kier alpha value is -2.57. The van der Waals surface area contributed by atoms with E-state index in [2.05, 4.69) is 20.4 Å². The average molecular weight is 290 g/mol. The normalized spacial score (nSPS) is 11.3. The number of hydrogen-bond acceptors (Lipinski definition) is 5. The molecule has 0 radical (unpaired) electrons. The van der Waals surface area contributed by atoms with Crippen LogP contribution >= 0.6 is 0 Å². The predicted octanol–water partition coefficient (Wildman–Crippen LogP) is 3.38. The van der Waals surface area contributed by atoms with Crippen molar-refractivity contribution in [3.05, 3.63) is 36.2 Å². The molecule has 0 fully saturated rings. The lowest BCUT2D eigenvalue weighted by molar-refractivity contribution is 0.451. The van der Waals surface area contributed by atoms with Gasteiger partial charge in [0.2, 0.25) is 0 Å². The van der Waals surface area contributed by atoms with Gasteiger partial charge in [-0.1, -0.05) is 5.16 Å². The molecule has 1 aromatic carbocycles. The molecule has 0 atom stereocenters. The standard InChI is InChI=1S/C14H12F2N4O/c1-7(2)19-13-11-12(20-21-14(11)18-6-17-13)8-3-9(15)5-10(16)4-8/h3-7H,1-2H3,(H,17,18,19). The van der Waals surface area contributed by atoms with E-state index in [1.165, 1.54) is 18.5 Å². The number of fused-ring (bicyclic) bond motifs is 1. The van der Waals surface area contributed by atoms with E-state index in [0.29, 0.717) is 16.9 Å². The Labute approximate surface area is 119 Å². The molecule has 1 N–H and O–H groups in total. The zero-order chi connectivity index (χ0) is 15.0. The van der Waals surface area contributed by atoms with Gasteiger partial charge < -0.3 is 9.84 Å². The zero-order valence-electron chi connectivity index (χ0n) is 11.4. The van der Waals surface area contributed by atoms with Gasteiger partial charge in [0.05, 0.1) is 0 Å². The summed E-state index contributed by atoms with van der Waals surface area (Å²) in [5, 5.41) is 7.50. The average Bonchev–Trinajstić information content (AvgIpc) is 2.82. The first-order chi connectivity index (χ1) is 10.0. The Morgan fingerprint density at radius 3 is 2.48 bits per heavy atom. The van der Waals surface area contributed by atoms with E-state index in [1.54, 1.807) is 0 Å². The molecule has 0 unspecified atom stereocenters. The second-order valence-electron chi connectivity index (χ2n) is 4.89. The molecule has 108 valence electrons. The molecule has 5 nitrogen and oxygen atoms in total. The van der Waals surface area contributed by atoms with Gasteiger partial charge in [0.15, 0.2) is 0 Å². The summed E-state index contributed by atoms with van der Waals surface area (Å²) >= 11 is 0. The van der Waals surface area contributed by atoms with Crippen molar-refractivity contribution >= 4 is 16.9 Å². The third-order valence-electron chi connectivity index (χ3n) is 2.83. The maximum absolute atomic E-state index is 13.4. The molecular weight excluding hydrogens is 278 g/mol. The molecule has 3 aromatic rings. The van der Waals surface area contributed by atoms with Crippen molar-refractivity contribution < 1.29 is 13.3 Å². The molecule has 2 heterocycles. The third kappa shape index (κ3) is 2.54. The van der Waals surface area contributed by atoms with Crippen LogP contribution in [0.1, 0.15) is 13.8 Å². The van der Waals surface area contributed by atoms with Gasteiger partial charge in [0, 0.05) is 17.7 Å². The number of nitrogens with zero attached hydrogens (tertiary/aromatic N) is 3. The fourth-order valence-electron chi connectivity index (χ4n) is 2.06. The van der Waals surface area contributed by atoms with Gasteiger partial charge in [-0.25, -0.2) is 13.8 Å². The van der Waals surface area contributed by atoms with Gasteiger partial charge in [-0.05, 0) is 26.0 Å². The number of nitrogens with one attached hydrogen (secondary N) is 1. The summed E-state index contributed by atoms with van der Waals surface area (Å²) in [4.78, 5) is 8.11. The monoisotopic (exact) mass is 290 g/mol. The number of benzene rings is 1. The van der Waals surface area contributed by atoms with Crippen molar-refractivity contribution in [3.8, 4) is 11.3 Å². The highest BCUT2D eigenvalue weighted by Crippen LogP contribution is 2.32. The first-order valence-corrected chi connectivity index (χ1v) is 6.38. The first-order valence-electron chi connectivity index (χ1n) is 6.38. The lowest BCUT2D eigenvalue weighted by atomic mass is 10.1. The predicted molar refractivity (Wildman–Crippen MR) is 73.7 cm³/mol. The fourth-order valence-corrected chi connectivity index (χ4v) is 2.06. The molecule has 0 saturated carbocycles. The first kappa shape index (κ1) is 13.4. The molecule has 0 aliphatic rings. The molecule has 2 aromatic heterocycles. The minimum atomic E-state index is -0.684. The van der Waals surface area contributed by atoms with Crippen LogP contribution < -0.4 is 5.32 Å². The summed E-state index contributed by atoms with van der Waals surface area (Å²) in [6.45, 7) is 3.89. The highest BCUT2D eigenvalue weighted by atomic mass is 19.1. The number of hydrogen-bond donors (Lipinski definition) is 1. The van der Waals surface area contributed by atoms with Crippen molar-refractivity contribution in [2.75, 3.05) is 5.32 Å². The van der Waals surface area contributed by atoms with Crippen LogP contribution in [0.2, 0.25) is 0 Å². The van der Waals surface area contributed by atoms with E-state index in [4.69, 9.17) is 4.52 Å². The molecule has 0 spiro atoms. The summed E-state index contributed by atoms with van der Waals surface area (Å²) in [6.07, 6.45) is 1.34. The summed E-state index contributed by atoms with van der Waals surface area (Å²) in [7, 11) is 0. The summed E-state index contributed by atoms with van der Waals surface area (Å²) in [6, 6.07) is 3.30. The lowest BCUT2D eigenvalue weighted by Crippen LogP contribution is -2.11. The maximum Gasteiger partial charge on any atom is 0.263 e. The van der Waals surface area contributed by atoms with Crippen LogP contribution in [0.15, 0.2) is 29.0 Å². The third-order valence-corrected chi connectivity index (χ3v) is 2.83. The fraction of sp³-hybridized carbons (Fsp3) is 0.214. The Bertz CT molecular complexity index is 781. The smallest absolute Gasteiger partial charge is 0.263 e. The van der Waals surface area contributed by atoms with Crippen molar-refractivity contribution in [3.63, 3.8) is 0 Å². The quantitative estimate of drug-likeness (QED) is 0.801. The van der Waals surface area contributed by atoms with Crippen LogP contribution in [-0.4, -0.2) is 21.2 Å². The van der Waals surface area contributed by atoms with Crippen molar-refractivity contribution in [2.45, 2.75) is 19.9 Å². The molecule has 0 saturated heterocycles. The van der Waals surface area contributed by atoms with E-state index in [0.717, 1.165) is 6.07 Å². The van der Waals surface area contributed by atoms with Gasteiger partial charge in [0.1, 0.15) is 34.9 Å². The summed E-state index contributed by atoms with van der Waals surface area (Å²) in [5.74, 6) is -0.858. The minimum Gasteiger partial charge on any atom is -0.367 e. The van der Waals surface area contributed by atoms with Crippen LogP contribution in [-0.2, 0) is 0 Å². The number of halogens is 2. The maximum atomic E-state index is 13.4. The molecular formula is C14H12F2N4O. The summed E-state index contributed by atoms with van der Waals surface area (Å²) in [5.41, 5.74) is 0.827. The van der Waals surface area contributed by atoms with Gasteiger partial charge in [0.25, 0.3) is 5.71 Å². The molecule has 21 heavy (non-hydrogen) atoms. The van der Waals surface area contributed by atoms with Crippen LogP contribution in [0.3, 0.4) is 0 Å². The van der Waals surface area contributed by atoms with E-state index in [9.17, 15) is 8.78 Å². The van der Waals surface area contributed by atoms with E-state index < -0.39 is 11.6 Å². The Morgan fingerprint density at radius 1 is 1.10 bits per heavy atom. The Morgan fingerprint density at radius 2 is 1.81 bits per heavy atom. The van der Waals surface area contributed by atoms with Gasteiger partial charge in [-0.3, -0.25) is 0 Å². The second-order valence-corrected chi connectivity index (χ2v) is 4.89. The van der Waals surface area contributed by atoms with Gasteiger partial charge in [-0.15, -0.1) is 0 Å². The molecule has 0 amide bonds. The van der Waals surface area contributed by atoms with Crippen LogP contribution in [0.25, 0.3) is 22.4 Å². The van der Waals surface area contributed by atoms with E-state index in [-0.39, 0.29) is 17.3 Å². The minimum absolute atomic E-state index is 0.120. The number of anilines is 1. The molecule has 0 aliphatic carbocycles. The molecule has 0 bridgehead atoms. The Kier molecular flexibility index (Phi) is 3.25. The zero-order valence-corrected chi connectivity index (χ0v) is 11.4. The van der Waals surface area contributed by atoms with E-state index in [1.807, 2.05) is 13.8 Å².